The Hall–Kier alpha value is -1.68. The second-order valence-corrected chi connectivity index (χ2v) is 4.40. The van der Waals surface area contributed by atoms with Crippen molar-refractivity contribution in [3.8, 4) is 17.4 Å². The number of ether oxygens (including phenoxy) is 2. The maximum Gasteiger partial charge on any atom is 0.222 e. The monoisotopic (exact) mass is 280 g/mol. The van der Waals surface area contributed by atoms with E-state index in [4.69, 9.17) is 21.1 Å². The summed E-state index contributed by atoms with van der Waals surface area (Å²) < 4.78 is 13.0. The predicted octanol–water partition coefficient (Wildman–Crippen LogP) is 3.66. The first-order valence-electron chi connectivity index (χ1n) is 6.14. The summed E-state index contributed by atoms with van der Waals surface area (Å²) in [5.41, 5.74) is 1.79. The van der Waals surface area contributed by atoms with Gasteiger partial charge in [0.05, 0.1) is 23.7 Å². The van der Waals surface area contributed by atoms with Crippen molar-refractivity contribution >= 4 is 11.6 Å². The van der Waals surface area contributed by atoms with E-state index in [1.807, 2.05) is 45.2 Å². The molecule has 0 bridgehead atoms. The molecule has 0 radical (unpaired) electrons. The van der Waals surface area contributed by atoms with E-state index in [2.05, 4.69) is 5.10 Å². The highest BCUT2D eigenvalue weighted by molar-refractivity contribution is 6.17. The van der Waals surface area contributed by atoms with Gasteiger partial charge in [0.15, 0.2) is 0 Å². The molecule has 0 aliphatic heterocycles. The van der Waals surface area contributed by atoms with E-state index in [1.54, 1.807) is 4.68 Å². The second-order valence-electron chi connectivity index (χ2n) is 4.14. The van der Waals surface area contributed by atoms with Crippen LogP contribution in [0.3, 0.4) is 0 Å². The van der Waals surface area contributed by atoms with Crippen molar-refractivity contribution < 1.29 is 9.47 Å². The van der Waals surface area contributed by atoms with Gasteiger partial charge in [-0.1, -0.05) is 6.07 Å². The molecule has 2 rings (SSSR count). The van der Waals surface area contributed by atoms with Gasteiger partial charge in [-0.25, -0.2) is 4.68 Å². The average Bonchev–Trinajstić information content (AvgIpc) is 2.65. The van der Waals surface area contributed by atoms with E-state index in [0.717, 1.165) is 17.0 Å². The van der Waals surface area contributed by atoms with Crippen LogP contribution >= 0.6 is 11.6 Å². The summed E-state index contributed by atoms with van der Waals surface area (Å²) in [4.78, 5) is 0. The molecule has 0 unspecified atom stereocenters. The topological polar surface area (TPSA) is 36.3 Å². The van der Waals surface area contributed by atoms with Gasteiger partial charge in [-0.2, -0.15) is 5.10 Å². The van der Waals surface area contributed by atoms with Crippen LogP contribution in [0.25, 0.3) is 0 Å². The number of nitrogens with zero attached hydrogens (tertiary/aromatic N) is 2. The third-order valence-electron chi connectivity index (χ3n) is 2.75. The Kier molecular flexibility index (Phi) is 4.32. The van der Waals surface area contributed by atoms with Gasteiger partial charge in [-0.15, -0.1) is 11.6 Å². The third kappa shape index (κ3) is 3.01. The standard InChI is InChI=1S/C14H17ClN2O2/c1-4-18-11-6-5-7-12(8-11)19-14-13(9-15)10(2)16-17(14)3/h5-8H,4,9H2,1-3H3. The molecule has 102 valence electrons. The molecule has 0 saturated heterocycles. The highest BCUT2D eigenvalue weighted by Gasteiger charge is 2.14. The summed E-state index contributed by atoms with van der Waals surface area (Å²) in [5.74, 6) is 2.54. The Morgan fingerprint density at radius 3 is 2.74 bits per heavy atom. The van der Waals surface area contributed by atoms with E-state index in [-0.39, 0.29) is 0 Å². The Morgan fingerprint density at radius 1 is 1.32 bits per heavy atom. The Balaban J connectivity index is 2.28. The number of halogens is 1. The van der Waals surface area contributed by atoms with Crippen molar-refractivity contribution in [2.75, 3.05) is 6.61 Å². The molecule has 0 fully saturated rings. The molecule has 1 aromatic carbocycles. The molecule has 5 heteroatoms. The zero-order chi connectivity index (χ0) is 13.8. The molecule has 0 spiro atoms. The quantitative estimate of drug-likeness (QED) is 0.784. The summed E-state index contributed by atoms with van der Waals surface area (Å²) >= 11 is 5.94. The van der Waals surface area contributed by atoms with Gasteiger partial charge in [-0.3, -0.25) is 0 Å². The molecule has 19 heavy (non-hydrogen) atoms. The van der Waals surface area contributed by atoms with Crippen molar-refractivity contribution in [3.05, 3.63) is 35.5 Å². The Bertz CT molecular complexity index is 567. The fraction of sp³-hybridized carbons (Fsp3) is 0.357. The smallest absolute Gasteiger partial charge is 0.222 e. The largest absolute Gasteiger partial charge is 0.494 e. The minimum absolute atomic E-state index is 0.375. The van der Waals surface area contributed by atoms with Gasteiger partial charge in [-0.05, 0) is 26.0 Å². The fourth-order valence-corrected chi connectivity index (χ4v) is 2.18. The molecule has 0 N–H and O–H groups in total. The maximum absolute atomic E-state index is 5.94. The minimum atomic E-state index is 0.375. The number of benzene rings is 1. The van der Waals surface area contributed by atoms with E-state index in [9.17, 15) is 0 Å². The van der Waals surface area contributed by atoms with Crippen molar-refractivity contribution in [3.63, 3.8) is 0 Å². The van der Waals surface area contributed by atoms with Gasteiger partial charge in [0.1, 0.15) is 11.5 Å². The average molecular weight is 281 g/mol. The molecule has 0 aliphatic carbocycles. The molecule has 0 atom stereocenters. The summed E-state index contributed by atoms with van der Waals surface area (Å²) in [6.45, 7) is 4.49. The molecular weight excluding hydrogens is 264 g/mol. The molecule has 0 saturated carbocycles. The number of hydrogen-bond donors (Lipinski definition) is 0. The normalized spacial score (nSPS) is 10.5. The molecule has 1 heterocycles. The van der Waals surface area contributed by atoms with E-state index >= 15 is 0 Å². The van der Waals surface area contributed by atoms with E-state index < -0.39 is 0 Å². The van der Waals surface area contributed by atoms with E-state index in [0.29, 0.717) is 24.1 Å². The lowest BCUT2D eigenvalue weighted by Crippen LogP contribution is -1.97. The van der Waals surface area contributed by atoms with Crippen LogP contribution in [0.5, 0.6) is 17.4 Å². The summed E-state index contributed by atoms with van der Waals surface area (Å²) in [6, 6.07) is 7.52. The first kappa shape index (κ1) is 13.7. The number of alkyl halides is 1. The lowest BCUT2D eigenvalue weighted by molar-refractivity contribution is 0.337. The summed E-state index contributed by atoms with van der Waals surface area (Å²) in [7, 11) is 1.84. The van der Waals surface area contributed by atoms with Crippen LogP contribution in [0, 0.1) is 6.92 Å². The van der Waals surface area contributed by atoms with Crippen LogP contribution in [0.4, 0.5) is 0 Å². The third-order valence-corrected chi connectivity index (χ3v) is 3.02. The first-order valence-corrected chi connectivity index (χ1v) is 6.68. The van der Waals surface area contributed by atoms with Crippen LogP contribution in [0.2, 0.25) is 0 Å². The van der Waals surface area contributed by atoms with Gasteiger partial charge < -0.3 is 9.47 Å². The zero-order valence-electron chi connectivity index (χ0n) is 11.3. The van der Waals surface area contributed by atoms with Gasteiger partial charge >= 0.3 is 0 Å². The van der Waals surface area contributed by atoms with Gasteiger partial charge in [0, 0.05) is 13.1 Å². The summed E-state index contributed by atoms with van der Waals surface area (Å²) in [6.07, 6.45) is 0. The fourth-order valence-electron chi connectivity index (χ4n) is 1.87. The highest BCUT2D eigenvalue weighted by Crippen LogP contribution is 2.30. The minimum Gasteiger partial charge on any atom is -0.494 e. The Morgan fingerprint density at radius 2 is 2.05 bits per heavy atom. The van der Waals surface area contributed by atoms with E-state index in [1.165, 1.54) is 0 Å². The van der Waals surface area contributed by atoms with Crippen LogP contribution in [-0.2, 0) is 12.9 Å². The van der Waals surface area contributed by atoms with Gasteiger partial charge in [0.25, 0.3) is 0 Å². The van der Waals surface area contributed by atoms with Crippen LogP contribution in [-0.4, -0.2) is 16.4 Å². The molecule has 1 aromatic heterocycles. The summed E-state index contributed by atoms with van der Waals surface area (Å²) in [5, 5.41) is 4.31. The first-order chi connectivity index (χ1) is 9.15. The maximum atomic E-state index is 5.94. The number of hydrogen-bond acceptors (Lipinski definition) is 3. The molecule has 0 aliphatic rings. The van der Waals surface area contributed by atoms with Crippen molar-refractivity contribution in [2.24, 2.45) is 7.05 Å². The second kappa shape index (κ2) is 5.97. The number of rotatable bonds is 5. The highest BCUT2D eigenvalue weighted by atomic mass is 35.5. The van der Waals surface area contributed by atoms with Gasteiger partial charge in [0.2, 0.25) is 5.88 Å². The van der Waals surface area contributed by atoms with Crippen LogP contribution in [0.1, 0.15) is 18.2 Å². The predicted molar refractivity (Wildman–Crippen MR) is 75.2 cm³/mol. The number of aromatic nitrogens is 2. The zero-order valence-corrected chi connectivity index (χ0v) is 12.1. The van der Waals surface area contributed by atoms with Crippen LogP contribution in [0.15, 0.2) is 24.3 Å². The van der Waals surface area contributed by atoms with Crippen molar-refractivity contribution in [2.45, 2.75) is 19.7 Å². The lowest BCUT2D eigenvalue weighted by atomic mass is 10.3. The van der Waals surface area contributed by atoms with Crippen molar-refractivity contribution in [1.29, 1.82) is 0 Å². The lowest BCUT2D eigenvalue weighted by Gasteiger charge is -2.09. The molecule has 4 nitrogen and oxygen atoms in total. The van der Waals surface area contributed by atoms with Crippen molar-refractivity contribution in [1.82, 2.24) is 9.78 Å². The SMILES string of the molecule is CCOc1cccc(Oc2c(CCl)c(C)nn2C)c1. The Labute approximate surface area is 117 Å². The van der Waals surface area contributed by atoms with Crippen LogP contribution < -0.4 is 9.47 Å². The molecule has 2 aromatic rings. The molecular formula is C14H17ClN2O2. The number of aryl methyl sites for hydroxylation is 2. The molecule has 0 amide bonds.